The summed E-state index contributed by atoms with van der Waals surface area (Å²) in [7, 11) is 0. The SMILES string of the molecule is Cc1nn2c(N)cc(-c3ccccc3)nc2c1-c1ccc(Cl)cc1. The summed E-state index contributed by atoms with van der Waals surface area (Å²) in [6.07, 6.45) is 0. The molecule has 0 radical (unpaired) electrons. The van der Waals surface area contributed by atoms with Crippen LogP contribution in [0.3, 0.4) is 0 Å². The van der Waals surface area contributed by atoms with Crippen LogP contribution in [0.4, 0.5) is 5.82 Å². The van der Waals surface area contributed by atoms with Crippen molar-refractivity contribution in [3.8, 4) is 22.4 Å². The highest BCUT2D eigenvalue weighted by Gasteiger charge is 2.16. The van der Waals surface area contributed by atoms with Gasteiger partial charge >= 0.3 is 0 Å². The zero-order valence-electron chi connectivity index (χ0n) is 13.1. The van der Waals surface area contributed by atoms with Gasteiger partial charge in [-0.25, -0.2) is 4.98 Å². The molecule has 0 fully saturated rings. The molecule has 0 saturated heterocycles. The van der Waals surface area contributed by atoms with Gasteiger partial charge in [0, 0.05) is 22.2 Å². The van der Waals surface area contributed by atoms with Crippen LogP contribution < -0.4 is 5.73 Å². The first-order valence-corrected chi connectivity index (χ1v) is 7.98. The van der Waals surface area contributed by atoms with Gasteiger partial charge in [-0.1, -0.05) is 54.1 Å². The van der Waals surface area contributed by atoms with Crippen LogP contribution in [0, 0.1) is 6.92 Å². The van der Waals surface area contributed by atoms with Crippen molar-refractivity contribution < 1.29 is 0 Å². The minimum absolute atomic E-state index is 0.558. The van der Waals surface area contributed by atoms with Crippen molar-refractivity contribution in [2.75, 3.05) is 5.73 Å². The molecule has 4 rings (SSSR count). The van der Waals surface area contributed by atoms with E-state index in [9.17, 15) is 0 Å². The number of nitrogens with zero attached hydrogens (tertiary/aromatic N) is 3. The van der Waals surface area contributed by atoms with Crippen molar-refractivity contribution in [1.82, 2.24) is 14.6 Å². The maximum Gasteiger partial charge on any atom is 0.166 e. The second kappa shape index (κ2) is 5.65. The second-order valence-corrected chi connectivity index (χ2v) is 6.07. The molecule has 2 aromatic carbocycles. The Hall–Kier alpha value is -2.85. The molecule has 2 heterocycles. The summed E-state index contributed by atoms with van der Waals surface area (Å²) in [5.41, 5.74) is 11.7. The smallest absolute Gasteiger partial charge is 0.166 e. The van der Waals surface area contributed by atoms with Gasteiger partial charge in [0.1, 0.15) is 5.82 Å². The first-order valence-electron chi connectivity index (χ1n) is 7.61. The molecule has 0 saturated carbocycles. The van der Waals surface area contributed by atoms with Gasteiger partial charge in [0.15, 0.2) is 5.65 Å². The second-order valence-electron chi connectivity index (χ2n) is 5.63. The van der Waals surface area contributed by atoms with Crippen molar-refractivity contribution in [3.63, 3.8) is 0 Å². The maximum atomic E-state index is 6.22. The largest absolute Gasteiger partial charge is 0.384 e. The first kappa shape index (κ1) is 14.7. The highest BCUT2D eigenvalue weighted by molar-refractivity contribution is 6.30. The van der Waals surface area contributed by atoms with E-state index in [1.807, 2.05) is 67.6 Å². The molecule has 5 heteroatoms. The third kappa shape index (κ3) is 2.41. The van der Waals surface area contributed by atoms with E-state index in [4.69, 9.17) is 22.3 Å². The molecule has 0 unspecified atom stereocenters. The summed E-state index contributed by atoms with van der Waals surface area (Å²) >= 11 is 6.01. The number of aromatic nitrogens is 3. The Morgan fingerprint density at radius 2 is 1.67 bits per heavy atom. The number of fused-ring (bicyclic) bond motifs is 1. The third-order valence-corrected chi connectivity index (χ3v) is 4.25. The summed E-state index contributed by atoms with van der Waals surface area (Å²) in [5, 5.41) is 5.24. The van der Waals surface area contributed by atoms with Crippen LogP contribution in [0.25, 0.3) is 28.0 Å². The minimum Gasteiger partial charge on any atom is -0.384 e. The van der Waals surface area contributed by atoms with E-state index in [0.29, 0.717) is 10.8 Å². The van der Waals surface area contributed by atoms with E-state index in [0.717, 1.165) is 33.7 Å². The highest BCUT2D eigenvalue weighted by Crippen LogP contribution is 2.31. The minimum atomic E-state index is 0.558. The fraction of sp³-hybridized carbons (Fsp3) is 0.0526. The van der Waals surface area contributed by atoms with Crippen LogP contribution in [0.5, 0.6) is 0 Å². The average molecular weight is 335 g/mol. The Morgan fingerprint density at radius 1 is 0.958 bits per heavy atom. The zero-order chi connectivity index (χ0) is 16.7. The third-order valence-electron chi connectivity index (χ3n) is 3.99. The molecule has 2 N–H and O–H groups in total. The lowest BCUT2D eigenvalue weighted by Gasteiger charge is -2.06. The summed E-state index contributed by atoms with van der Waals surface area (Å²) < 4.78 is 1.69. The number of benzene rings is 2. The van der Waals surface area contributed by atoms with Gasteiger partial charge in [-0.15, -0.1) is 0 Å². The van der Waals surface area contributed by atoms with Crippen LogP contribution in [-0.2, 0) is 0 Å². The summed E-state index contributed by atoms with van der Waals surface area (Å²) in [6, 6.07) is 19.5. The van der Waals surface area contributed by atoms with Gasteiger partial charge in [0.05, 0.1) is 11.4 Å². The van der Waals surface area contributed by atoms with E-state index < -0.39 is 0 Å². The molecule has 118 valence electrons. The summed E-state index contributed by atoms with van der Waals surface area (Å²) in [4.78, 5) is 4.81. The standard InChI is InChI=1S/C19H15ClN4/c1-12-18(14-7-9-15(20)10-8-14)19-22-16(11-17(21)24(19)23-12)13-5-3-2-4-6-13/h2-11H,21H2,1H3. The molecule has 4 nitrogen and oxygen atoms in total. The Balaban J connectivity index is 1.99. The van der Waals surface area contributed by atoms with Crippen LogP contribution in [0.15, 0.2) is 60.7 Å². The maximum absolute atomic E-state index is 6.22. The van der Waals surface area contributed by atoms with E-state index in [2.05, 4.69) is 5.10 Å². The molecule has 0 amide bonds. The van der Waals surface area contributed by atoms with Gasteiger partial charge < -0.3 is 5.73 Å². The van der Waals surface area contributed by atoms with Crippen molar-refractivity contribution in [2.24, 2.45) is 0 Å². The summed E-state index contributed by atoms with van der Waals surface area (Å²) in [5.74, 6) is 0.558. The fourth-order valence-electron chi connectivity index (χ4n) is 2.86. The number of rotatable bonds is 2. The van der Waals surface area contributed by atoms with Gasteiger partial charge in [-0.05, 0) is 24.6 Å². The molecule has 0 aliphatic rings. The van der Waals surface area contributed by atoms with Gasteiger partial charge in [-0.2, -0.15) is 9.61 Å². The van der Waals surface area contributed by atoms with Crippen molar-refractivity contribution in [1.29, 1.82) is 0 Å². The Morgan fingerprint density at radius 3 is 2.38 bits per heavy atom. The van der Waals surface area contributed by atoms with Crippen molar-refractivity contribution in [3.05, 3.63) is 71.4 Å². The molecule has 2 aromatic heterocycles. The lowest BCUT2D eigenvalue weighted by atomic mass is 10.1. The number of halogens is 1. The number of hydrogen-bond donors (Lipinski definition) is 1. The number of nitrogens with two attached hydrogens (primary N) is 1. The molecule has 0 bridgehead atoms. The molecule has 0 atom stereocenters. The molecule has 24 heavy (non-hydrogen) atoms. The van der Waals surface area contributed by atoms with E-state index in [1.165, 1.54) is 0 Å². The molecule has 4 aromatic rings. The van der Waals surface area contributed by atoms with E-state index in [-0.39, 0.29) is 0 Å². The monoisotopic (exact) mass is 334 g/mol. The van der Waals surface area contributed by atoms with Crippen molar-refractivity contribution in [2.45, 2.75) is 6.92 Å². The summed E-state index contributed by atoms with van der Waals surface area (Å²) in [6.45, 7) is 1.96. The highest BCUT2D eigenvalue weighted by atomic mass is 35.5. The zero-order valence-corrected chi connectivity index (χ0v) is 13.8. The van der Waals surface area contributed by atoms with Crippen LogP contribution in [0.1, 0.15) is 5.69 Å². The van der Waals surface area contributed by atoms with Gasteiger partial charge in [-0.3, -0.25) is 0 Å². The van der Waals surface area contributed by atoms with Gasteiger partial charge in [0.25, 0.3) is 0 Å². The van der Waals surface area contributed by atoms with Crippen LogP contribution in [0.2, 0.25) is 5.02 Å². The number of anilines is 1. The van der Waals surface area contributed by atoms with Gasteiger partial charge in [0.2, 0.25) is 0 Å². The predicted octanol–water partition coefficient (Wildman–Crippen LogP) is 4.61. The van der Waals surface area contributed by atoms with E-state index in [1.54, 1.807) is 4.52 Å². The Labute approximate surface area is 144 Å². The first-order chi connectivity index (χ1) is 11.6. The van der Waals surface area contributed by atoms with E-state index >= 15 is 0 Å². The number of hydrogen-bond acceptors (Lipinski definition) is 3. The number of nitrogen functional groups attached to an aromatic ring is 1. The molecule has 0 aliphatic heterocycles. The molecular formula is C19H15ClN4. The number of aryl methyl sites for hydroxylation is 1. The Bertz CT molecular complexity index is 1020. The van der Waals surface area contributed by atoms with Crippen LogP contribution in [-0.4, -0.2) is 14.6 Å². The quantitative estimate of drug-likeness (QED) is 0.582. The molecular weight excluding hydrogens is 320 g/mol. The predicted molar refractivity (Wildman–Crippen MR) is 98.0 cm³/mol. The lowest BCUT2D eigenvalue weighted by molar-refractivity contribution is 0.930. The van der Waals surface area contributed by atoms with Crippen LogP contribution >= 0.6 is 11.6 Å². The molecule has 0 spiro atoms. The van der Waals surface area contributed by atoms with Crippen molar-refractivity contribution >= 4 is 23.1 Å². The topological polar surface area (TPSA) is 56.2 Å². The molecule has 0 aliphatic carbocycles. The Kier molecular flexibility index (Phi) is 3.47. The normalized spacial score (nSPS) is 11.1. The lowest BCUT2D eigenvalue weighted by Crippen LogP contribution is -2.01. The average Bonchev–Trinajstić information content (AvgIpc) is 2.93. The fourth-order valence-corrected chi connectivity index (χ4v) is 2.98.